The lowest BCUT2D eigenvalue weighted by Crippen LogP contribution is -2.40. The van der Waals surface area contributed by atoms with E-state index in [1.807, 2.05) is 34.7 Å². The zero-order valence-corrected chi connectivity index (χ0v) is 17.3. The van der Waals surface area contributed by atoms with Crippen molar-refractivity contribution in [2.45, 2.75) is 50.9 Å². The molecule has 1 amide bonds. The first-order chi connectivity index (χ1) is 14.5. The molecule has 7 heteroatoms. The van der Waals surface area contributed by atoms with Crippen molar-refractivity contribution < 1.29 is 13.9 Å². The number of halogens is 1. The van der Waals surface area contributed by atoms with Crippen molar-refractivity contribution in [2.24, 2.45) is 0 Å². The number of nitrogens with zero attached hydrogens (tertiary/aromatic N) is 2. The van der Waals surface area contributed by atoms with Crippen molar-refractivity contribution in [1.29, 1.82) is 0 Å². The number of aromatic nitrogens is 2. The maximum absolute atomic E-state index is 13.6. The van der Waals surface area contributed by atoms with E-state index in [-0.39, 0.29) is 11.9 Å². The van der Waals surface area contributed by atoms with Gasteiger partial charge >= 0.3 is 0 Å². The van der Waals surface area contributed by atoms with Crippen molar-refractivity contribution in [1.82, 2.24) is 14.7 Å². The van der Waals surface area contributed by atoms with Crippen LogP contribution in [0.3, 0.4) is 0 Å². The first-order valence-corrected chi connectivity index (χ1v) is 10.4. The minimum absolute atomic E-state index is 0.0682. The first-order valence-electron chi connectivity index (χ1n) is 10.4. The van der Waals surface area contributed by atoms with E-state index in [2.05, 4.69) is 15.6 Å². The number of alkyl halides is 1. The first kappa shape index (κ1) is 20.2. The SMILES string of the molecule is COc1cccc(C(=O)NC2CCC(Nc3cccc4nc(C(C)F)cn34)CC2)c1. The molecule has 2 N–H and O–H groups in total. The summed E-state index contributed by atoms with van der Waals surface area (Å²) in [5.74, 6) is 1.52. The number of pyridine rings is 1. The number of fused-ring (bicyclic) bond motifs is 1. The zero-order valence-electron chi connectivity index (χ0n) is 17.3. The monoisotopic (exact) mass is 410 g/mol. The largest absolute Gasteiger partial charge is 0.497 e. The van der Waals surface area contributed by atoms with Gasteiger partial charge in [-0.3, -0.25) is 9.20 Å². The quantitative estimate of drug-likeness (QED) is 0.627. The van der Waals surface area contributed by atoms with Crippen LogP contribution >= 0.6 is 0 Å². The molecule has 158 valence electrons. The highest BCUT2D eigenvalue weighted by Crippen LogP contribution is 2.25. The Labute approximate surface area is 175 Å². The van der Waals surface area contributed by atoms with E-state index in [1.54, 1.807) is 25.4 Å². The van der Waals surface area contributed by atoms with Crippen molar-refractivity contribution in [3.63, 3.8) is 0 Å². The number of anilines is 1. The smallest absolute Gasteiger partial charge is 0.251 e. The number of carbonyl (C=O) groups excluding carboxylic acids is 1. The highest BCUT2D eigenvalue weighted by atomic mass is 19.1. The van der Waals surface area contributed by atoms with Crippen LogP contribution < -0.4 is 15.4 Å². The minimum atomic E-state index is -1.10. The van der Waals surface area contributed by atoms with E-state index in [4.69, 9.17) is 4.74 Å². The third kappa shape index (κ3) is 4.40. The Morgan fingerprint density at radius 3 is 2.63 bits per heavy atom. The number of imidazole rings is 1. The summed E-state index contributed by atoms with van der Waals surface area (Å²) in [5.41, 5.74) is 1.78. The van der Waals surface area contributed by atoms with Gasteiger partial charge in [0.05, 0.1) is 12.8 Å². The standard InChI is InChI=1S/C23H27FN4O2/c1-15(24)20-14-28-21(7-4-8-22(28)27-20)25-17-9-11-18(12-10-17)26-23(29)16-5-3-6-19(13-16)30-2/h3-8,13-15,17-18,25H,9-12H2,1-2H3,(H,26,29). The summed E-state index contributed by atoms with van der Waals surface area (Å²) in [6.45, 7) is 1.50. The van der Waals surface area contributed by atoms with Crippen LogP contribution in [0.2, 0.25) is 0 Å². The Bertz CT molecular complexity index is 1020. The molecule has 3 aromatic rings. The Kier molecular flexibility index (Phi) is 5.88. The van der Waals surface area contributed by atoms with Crippen LogP contribution in [0.25, 0.3) is 5.65 Å². The van der Waals surface area contributed by atoms with Gasteiger partial charge in [-0.2, -0.15) is 0 Å². The fraction of sp³-hybridized carbons (Fsp3) is 0.391. The van der Waals surface area contributed by atoms with Crippen molar-refractivity contribution in [2.75, 3.05) is 12.4 Å². The molecule has 1 aromatic carbocycles. The van der Waals surface area contributed by atoms with Gasteiger partial charge in [0.1, 0.15) is 23.4 Å². The maximum Gasteiger partial charge on any atom is 0.251 e. The van der Waals surface area contributed by atoms with Gasteiger partial charge in [-0.1, -0.05) is 12.1 Å². The second-order valence-electron chi connectivity index (χ2n) is 7.82. The topological polar surface area (TPSA) is 67.7 Å². The average Bonchev–Trinajstić information content (AvgIpc) is 3.21. The molecular formula is C23H27FN4O2. The molecule has 1 saturated carbocycles. The molecule has 0 radical (unpaired) electrons. The highest BCUT2D eigenvalue weighted by Gasteiger charge is 2.23. The van der Waals surface area contributed by atoms with Crippen molar-refractivity contribution in [3.8, 4) is 5.75 Å². The molecule has 1 aliphatic rings. The molecule has 6 nitrogen and oxygen atoms in total. The Morgan fingerprint density at radius 2 is 1.90 bits per heavy atom. The number of rotatable bonds is 6. The summed E-state index contributed by atoms with van der Waals surface area (Å²) in [6, 6.07) is 13.4. The van der Waals surface area contributed by atoms with Gasteiger partial charge in [0, 0.05) is 23.8 Å². The van der Waals surface area contributed by atoms with E-state index in [0.717, 1.165) is 37.1 Å². The number of methoxy groups -OCH3 is 1. The van der Waals surface area contributed by atoms with Gasteiger partial charge < -0.3 is 15.4 Å². The Hall–Kier alpha value is -3.09. The number of amides is 1. The summed E-state index contributed by atoms with van der Waals surface area (Å²) in [4.78, 5) is 16.9. The molecule has 1 atom stereocenters. The summed E-state index contributed by atoms with van der Waals surface area (Å²) in [7, 11) is 1.59. The van der Waals surface area contributed by atoms with Crippen LogP contribution in [0.1, 0.15) is 54.8 Å². The zero-order chi connectivity index (χ0) is 21.1. The maximum atomic E-state index is 13.6. The van der Waals surface area contributed by atoms with Crippen molar-refractivity contribution >= 4 is 17.4 Å². The molecule has 4 rings (SSSR count). The van der Waals surface area contributed by atoms with Gasteiger partial charge in [-0.25, -0.2) is 9.37 Å². The Balaban J connectivity index is 1.35. The van der Waals surface area contributed by atoms with Crippen LogP contribution in [-0.2, 0) is 0 Å². The average molecular weight is 410 g/mol. The molecule has 0 spiro atoms. The number of ether oxygens (including phenoxy) is 1. The van der Waals surface area contributed by atoms with E-state index in [0.29, 0.717) is 23.0 Å². The van der Waals surface area contributed by atoms with Crippen LogP contribution in [0.15, 0.2) is 48.7 Å². The fourth-order valence-corrected chi connectivity index (χ4v) is 3.96. The summed E-state index contributed by atoms with van der Waals surface area (Å²) >= 11 is 0. The molecule has 1 unspecified atom stereocenters. The molecule has 1 aliphatic carbocycles. The summed E-state index contributed by atoms with van der Waals surface area (Å²) < 4.78 is 20.7. The van der Waals surface area contributed by atoms with Crippen LogP contribution in [-0.4, -0.2) is 34.5 Å². The fourth-order valence-electron chi connectivity index (χ4n) is 3.96. The van der Waals surface area contributed by atoms with E-state index in [1.165, 1.54) is 6.92 Å². The Morgan fingerprint density at radius 1 is 1.17 bits per heavy atom. The molecule has 2 aromatic heterocycles. The van der Waals surface area contributed by atoms with Gasteiger partial charge in [0.25, 0.3) is 5.91 Å². The molecule has 1 fully saturated rings. The van der Waals surface area contributed by atoms with Gasteiger partial charge in [-0.15, -0.1) is 0 Å². The van der Waals surface area contributed by atoms with Crippen molar-refractivity contribution in [3.05, 3.63) is 59.9 Å². The van der Waals surface area contributed by atoms with Gasteiger partial charge in [-0.05, 0) is 62.9 Å². The number of nitrogens with one attached hydrogen (secondary N) is 2. The molecule has 2 heterocycles. The lowest BCUT2D eigenvalue weighted by atomic mass is 9.91. The predicted molar refractivity (Wildman–Crippen MR) is 115 cm³/mol. The predicted octanol–water partition coefficient (Wildman–Crippen LogP) is 4.53. The number of hydrogen-bond acceptors (Lipinski definition) is 4. The summed E-state index contributed by atoms with van der Waals surface area (Å²) in [6.07, 6.45) is 4.35. The number of benzene rings is 1. The lowest BCUT2D eigenvalue weighted by Gasteiger charge is -2.30. The van der Waals surface area contributed by atoms with E-state index < -0.39 is 6.17 Å². The molecule has 30 heavy (non-hydrogen) atoms. The van der Waals surface area contributed by atoms with Crippen LogP contribution in [0, 0.1) is 0 Å². The molecule has 0 aliphatic heterocycles. The summed E-state index contributed by atoms with van der Waals surface area (Å²) in [5, 5.41) is 6.71. The third-order valence-electron chi connectivity index (χ3n) is 5.66. The lowest BCUT2D eigenvalue weighted by molar-refractivity contribution is 0.0926. The molecular weight excluding hydrogens is 383 g/mol. The van der Waals surface area contributed by atoms with E-state index in [9.17, 15) is 9.18 Å². The second kappa shape index (κ2) is 8.73. The van der Waals surface area contributed by atoms with Gasteiger partial charge in [0.15, 0.2) is 0 Å². The normalized spacial score (nSPS) is 20.0. The number of hydrogen-bond donors (Lipinski definition) is 2. The number of carbonyl (C=O) groups is 1. The van der Waals surface area contributed by atoms with Crippen LogP contribution in [0.4, 0.5) is 10.2 Å². The van der Waals surface area contributed by atoms with E-state index >= 15 is 0 Å². The third-order valence-corrected chi connectivity index (χ3v) is 5.66. The van der Waals surface area contributed by atoms with Crippen LogP contribution in [0.5, 0.6) is 5.75 Å². The molecule has 0 bridgehead atoms. The highest BCUT2D eigenvalue weighted by molar-refractivity contribution is 5.94. The molecule has 0 saturated heterocycles. The second-order valence-corrected chi connectivity index (χ2v) is 7.82. The minimum Gasteiger partial charge on any atom is -0.497 e. The van der Waals surface area contributed by atoms with Gasteiger partial charge in [0.2, 0.25) is 0 Å².